The van der Waals surface area contributed by atoms with Crippen LogP contribution in [0.4, 0.5) is 0 Å². The summed E-state index contributed by atoms with van der Waals surface area (Å²) in [7, 11) is 1.83. The molecule has 136 valence electrons. The Morgan fingerprint density at radius 3 is 2.30 bits per heavy atom. The van der Waals surface area contributed by atoms with Gasteiger partial charge in [-0.25, -0.2) is 0 Å². The van der Waals surface area contributed by atoms with Crippen molar-refractivity contribution in [2.75, 3.05) is 46.4 Å². The van der Waals surface area contributed by atoms with Crippen LogP contribution in [0.3, 0.4) is 0 Å². The number of ether oxygens (including phenoxy) is 1. The van der Waals surface area contributed by atoms with E-state index in [4.69, 9.17) is 4.74 Å². The number of nitrogens with zero attached hydrogens (tertiary/aromatic N) is 2. The van der Waals surface area contributed by atoms with Gasteiger partial charge < -0.3 is 20.3 Å². The molecule has 5 nitrogen and oxygen atoms in total. The first-order valence-corrected chi connectivity index (χ1v) is 9.58. The number of hydrogen-bond donors (Lipinski definition) is 2. The lowest BCUT2D eigenvalue weighted by Crippen LogP contribution is -2.39. The Labute approximate surface area is 143 Å². The van der Waals surface area contributed by atoms with Crippen molar-refractivity contribution < 1.29 is 4.74 Å². The Morgan fingerprint density at radius 1 is 1.04 bits per heavy atom. The highest BCUT2D eigenvalue weighted by Crippen LogP contribution is 2.20. The zero-order valence-electron chi connectivity index (χ0n) is 15.6. The highest BCUT2D eigenvalue weighted by molar-refractivity contribution is 5.79. The summed E-state index contributed by atoms with van der Waals surface area (Å²) < 4.78 is 5.94. The van der Waals surface area contributed by atoms with E-state index in [0.29, 0.717) is 6.10 Å². The zero-order chi connectivity index (χ0) is 16.8. The van der Waals surface area contributed by atoms with Gasteiger partial charge in [-0.2, -0.15) is 0 Å². The fraction of sp³-hybridized carbons (Fsp3) is 0.944. The summed E-state index contributed by atoms with van der Waals surface area (Å²) in [4.78, 5) is 6.72. The first-order valence-electron chi connectivity index (χ1n) is 9.58. The minimum absolute atomic E-state index is 0.515. The van der Waals surface area contributed by atoms with E-state index in [2.05, 4.69) is 34.4 Å². The van der Waals surface area contributed by atoms with Crippen LogP contribution in [0, 0.1) is 0 Å². The average molecular weight is 327 g/mol. The van der Waals surface area contributed by atoms with Crippen LogP contribution in [-0.4, -0.2) is 63.3 Å². The van der Waals surface area contributed by atoms with Crippen molar-refractivity contribution in [1.29, 1.82) is 0 Å². The third-order valence-electron chi connectivity index (χ3n) is 4.58. The maximum atomic E-state index is 5.94. The molecule has 23 heavy (non-hydrogen) atoms. The van der Waals surface area contributed by atoms with Gasteiger partial charge in [0, 0.05) is 26.7 Å². The fourth-order valence-electron chi connectivity index (χ4n) is 3.03. The van der Waals surface area contributed by atoms with Crippen molar-refractivity contribution in [3.63, 3.8) is 0 Å². The first-order chi connectivity index (χ1) is 11.3. The normalized spacial score (nSPS) is 16.8. The molecule has 0 saturated heterocycles. The monoisotopic (exact) mass is 326 g/mol. The third-order valence-corrected chi connectivity index (χ3v) is 4.58. The lowest BCUT2D eigenvalue weighted by Gasteiger charge is -2.22. The number of hydrogen-bond acceptors (Lipinski definition) is 3. The lowest BCUT2D eigenvalue weighted by atomic mass is 9.98. The van der Waals surface area contributed by atoms with Gasteiger partial charge in [0.15, 0.2) is 5.96 Å². The van der Waals surface area contributed by atoms with E-state index in [0.717, 1.165) is 58.1 Å². The van der Waals surface area contributed by atoms with Gasteiger partial charge in [0.25, 0.3) is 0 Å². The molecular weight excluding hydrogens is 288 g/mol. The molecule has 0 aromatic rings. The molecule has 0 aromatic heterocycles. The molecule has 0 aliphatic heterocycles. The number of guanidine groups is 1. The molecule has 1 aliphatic rings. The Bertz CT molecular complexity index is 299. The van der Waals surface area contributed by atoms with E-state index in [-0.39, 0.29) is 0 Å². The van der Waals surface area contributed by atoms with Crippen LogP contribution in [0.1, 0.15) is 58.8 Å². The topological polar surface area (TPSA) is 48.9 Å². The van der Waals surface area contributed by atoms with Gasteiger partial charge in [0.1, 0.15) is 0 Å². The summed E-state index contributed by atoms with van der Waals surface area (Å²) in [6.45, 7) is 10.6. The molecule has 0 bridgehead atoms. The number of nitrogens with one attached hydrogen (secondary N) is 2. The average Bonchev–Trinajstić information content (AvgIpc) is 2.60. The van der Waals surface area contributed by atoms with E-state index in [1.165, 1.54) is 32.1 Å². The Balaban J connectivity index is 1.98. The second-order valence-corrected chi connectivity index (χ2v) is 6.29. The molecule has 0 amide bonds. The lowest BCUT2D eigenvalue weighted by molar-refractivity contribution is 0.0277. The summed E-state index contributed by atoms with van der Waals surface area (Å²) in [5, 5.41) is 6.75. The quantitative estimate of drug-likeness (QED) is 0.348. The van der Waals surface area contributed by atoms with E-state index < -0.39 is 0 Å². The Kier molecular flexibility index (Phi) is 12.0. The molecule has 1 rings (SSSR count). The third kappa shape index (κ3) is 9.82. The molecule has 0 radical (unpaired) electrons. The molecule has 5 heteroatoms. The largest absolute Gasteiger partial charge is 0.378 e. The van der Waals surface area contributed by atoms with Gasteiger partial charge in [-0.1, -0.05) is 33.1 Å². The van der Waals surface area contributed by atoms with Gasteiger partial charge >= 0.3 is 0 Å². The van der Waals surface area contributed by atoms with Crippen LogP contribution in [0.15, 0.2) is 4.99 Å². The standard InChI is InChI=1S/C18H38N4O/c1-4-22(5-2)15-9-13-20-18(19-3)21-14-10-16-23-17-11-7-6-8-12-17/h17H,4-16H2,1-3H3,(H2,19,20,21). The number of aliphatic imine (C=N–C) groups is 1. The summed E-state index contributed by atoms with van der Waals surface area (Å²) in [5.74, 6) is 0.905. The van der Waals surface area contributed by atoms with Crippen molar-refractivity contribution in [2.24, 2.45) is 4.99 Å². The SMILES string of the molecule is CCN(CC)CCCNC(=NC)NCCCOC1CCCCC1. The maximum Gasteiger partial charge on any atom is 0.190 e. The van der Waals surface area contributed by atoms with Gasteiger partial charge in [0.05, 0.1) is 6.10 Å². The summed E-state index contributed by atoms with van der Waals surface area (Å²) in [6.07, 6.45) is 9.27. The summed E-state index contributed by atoms with van der Waals surface area (Å²) in [5.41, 5.74) is 0. The first kappa shape index (κ1) is 20.2. The van der Waals surface area contributed by atoms with Crippen LogP contribution in [0.25, 0.3) is 0 Å². The highest BCUT2D eigenvalue weighted by Gasteiger charge is 2.12. The minimum Gasteiger partial charge on any atom is -0.378 e. The van der Waals surface area contributed by atoms with Crippen LogP contribution in [0.5, 0.6) is 0 Å². The van der Waals surface area contributed by atoms with Gasteiger partial charge in [0.2, 0.25) is 0 Å². The molecule has 1 saturated carbocycles. The Morgan fingerprint density at radius 2 is 1.70 bits per heavy atom. The van der Waals surface area contributed by atoms with Gasteiger partial charge in [-0.05, 0) is 45.3 Å². The molecule has 2 N–H and O–H groups in total. The second kappa shape index (κ2) is 13.6. The predicted octanol–water partition coefficient (Wildman–Crippen LogP) is 2.62. The number of rotatable bonds is 11. The van der Waals surface area contributed by atoms with Crippen molar-refractivity contribution in [2.45, 2.75) is 64.9 Å². The van der Waals surface area contributed by atoms with Crippen LogP contribution in [0.2, 0.25) is 0 Å². The smallest absolute Gasteiger partial charge is 0.190 e. The van der Waals surface area contributed by atoms with Crippen molar-refractivity contribution >= 4 is 5.96 Å². The molecular formula is C18H38N4O. The minimum atomic E-state index is 0.515. The van der Waals surface area contributed by atoms with Crippen LogP contribution in [-0.2, 0) is 4.74 Å². The zero-order valence-corrected chi connectivity index (χ0v) is 15.6. The van der Waals surface area contributed by atoms with E-state index in [9.17, 15) is 0 Å². The molecule has 1 fully saturated rings. The van der Waals surface area contributed by atoms with Gasteiger partial charge in [-0.3, -0.25) is 4.99 Å². The molecule has 0 spiro atoms. The van der Waals surface area contributed by atoms with E-state index in [1.807, 2.05) is 7.05 Å². The van der Waals surface area contributed by atoms with Gasteiger partial charge in [-0.15, -0.1) is 0 Å². The summed E-state index contributed by atoms with van der Waals surface area (Å²) >= 11 is 0. The van der Waals surface area contributed by atoms with E-state index in [1.54, 1.807) is 0 Å². The van der Waals surface area contributed by atoms with Crippen molar-refractivity contribution in [3.8, 4) is 0 Å². The molecule has 0 aromatic carbocycles. The van der Waals surface area contributed by atoms with Crippen molar-refractivity contribution in [1.82, 2.24) is 15.5 Å². The second-order valence-electron chi connectivity index (χ2n) is 6.29. The predicted molar refractivity (Wildman–Crippen MR) is 99.2 cm³/mol. The molecule has 0 unspecified atom stereocenters. The fourth-order valence-corrected chi connectivity index (χ4v) is 3.03. The van der Waals surface area contributed by atoms with E-state index >= 15 is 0 Å². The van der Waals surface area contributed by atoms with Crippen LogP contribution < -0.4 is 10.6 Å². The highest BCUT2D eigenvalue weighted by atomic mass is 16.5. The maximum absolute atomic E-state index is 5.94. The summed E-state index contributed by atoms with van der Waals surface area (Å²) in [6, 6.07) is 0. The molecule has 0 heterocycles. The Hall–Kier alpha value is -0.810. The van der Waals surface area contributed by atoms with Crippen LogP contribution >= 0.6 is 0 Å². The molecule has 1 aliphatic carbocycles. The van der Waals surface area contributed by atoms with Crippen molar-refractivity contribution in [3.05, 3.63) is 0 Å². The molecule has 0 atom stereocenters.